The van der Waals surface area contributed by atoms with Crippen LogP contribution in [0.3, 0.4) is 0 Å². The average Bonchev–Trinajstić information content (AvgIpc) is 2.70. The van der Waals surface area contributed by atoms with Gasteiger partial charge in [-0.05, 0) is 56.6 Å². The highest BCUT2D eigenvalue weighted by Crippen LogP contribution is 2.42. The van der Waals surface area contributed by atoms with E-state index in [1.54, 1.807) is 0 Å². The average molecular weight is 326 g/mol. The smallest absolute Gasteiger partial charge is 0.222 e. The predicted octanol–water partition coefficient (Wildman–Crippen LogP) is 2.80. The monoisotopic (exact) mass is 326 g/mol. The van der Waals surface area contributed by atoms with Gasteiger partial charge in [-0.15, -0.1) is 0 Å². The Hall–Kier alpha value is -2.09. The summed E-state index contributed by atoms with van der Waals surface area (Å²) in [5, 5.41) is 9.50. The highest BCUT2D eigenvalue weighted by atomic mass is 16.2. The van der Waals surface area contributed by atoms with Crippen molar-refractivity contribution in [1.82, 2.24) is 9.88 Å². The lowest BCUT2D eigenvalue weighted by Gasteiger charge is -2.42. The Labute approximate surface area is 144 Å². The first-order chi connectivity index (χ1) is 11.4. The molecule has 1 aromatic heterocycles. The lowest BCUT2D eigenvalue weighted by Crippen LogP contribution is -2.41. The molecule has 3 rings (SSSR count). The summed E-state index contributed by atoms with van der Waals surface area (Å²) in [5.41, 5.74) is 2.94. The van der Waals surface area contributed by atoms with Crippen molar-refractivity contribution in [2.75, 3.05) is 31.6 Å². The van der Waals surface area contributed by atoms with Gasteiger partial charge in [0.15, 0.2) is 0 Å². The fourth-order valence-corrected chi connectivity index (χ4v) is 4.09. The SMILES string of the molecule is Cc1cc(C)c(C#N)c(N2CCC3(CCC(=O)N(C)CC3)CC2)n1. The molecule has 1 aromatic rings. The number of carbonyl (C=O) groups excluding carboxylic acids is 1. The number of carbonyl (C=O) groups is 1. The van der Waals surface area contributed by atoms with Crippen LogP contribution in [-0.4, -0.2) is 42.5 Å². The number of pyridine rings is 1. The van der Waals surface area contributed by atoms with E-state index in [4.69, 9.17) is 0 Å². The van der Waals surface area contributed by atoms with E-state index in [-0.39, 0.29) is 11.3 Å². The molecule has 2 saturated heterocycles. The Morgan fingerprint density at radius 1 is 1.17 bits per heavy atom. The molecule has 0 aromatic carbocycles. The highest BCUT2D eigenvalue weighted by Gasteiger charge is 2.38. The van der Waals surface area contributed by atoms with E-state index < -0.39 is 0 Å². The summed E-state index contributed by atoms with van der Waals surface area (Å²) in [4.78, 5) is 20.7. The molecule has 5 heteroatoms. The van der Waals surface area contributed by atoms with Gasteiger partial charge in [0.2, 0.25) is 5.91 Å². The molecule has 3 heterocycles. The minimum Gasteiger partial charge on any atom is -0.355 e. The molecule has 24 heavy (non-hydrogen) atoms. The van der Waals surface area contributed by atoms with Crippen molar-refractivity contribution in [2.45, 2.75) is 46.0 Å². The fourth-order valence-electron chi connectivity index (χ4n) is 4.09. The molecule has 0 atom stereocenters. The Bertz CT molecular complexity index is 683. The maximum atomic E-state index is 12.0. The topological polar surface area (TPSA) is 60.2 Å². The number of nitriles is 1. The molecular formula is C19H26N4O. The Kier molecular flexibility index (Phi) is 4.49. The van der Waals surface area contributed by atoms with Crippen molar-refractivity contribution in [2.24, 2.45) is 5.41 Å². The van der Waals surface area contributed by atoms with Crippen LogP contribution in [0.15, 0.2) is 6.07 Å². The number of rotatable bonds is 1. The molecular weight excluding hydrogens is 300 g/mol. The van der Waals surface area contributed by atoms with Gasteiger partial charge in [0.25, 0.3) is 0 Å². The van der Waals surface area contributed by atoms with Crippen molar-refractivity contribution < 1.29 is 4.79 Å². The summed E-state index contributed by atoms with van der Waals surface area (Å²) in [7, 11) is 1.91. The van der Waals surface area contributed by atoms with Gasteiger partial charge < -0.3 is 9.80 Å². The molecule has 1 amide bonds. The molecule has 128 valence electrons. The zero-order chi connectivity index (χ0) is 17.3. The molecule has 2 fully saturated rings. The van der Waals surface area contributed by atoms with Crippen molar-refractivity contribution in [1.29, 1.82) is 5.26 Å². The van der Waals surface area contributed by atoms with Crippen LogP contribution >= 0.6 is 0 Å². The molecule has 0 radical (unpaired) electrons. The molecule has 1 spiro atoms. The minimum absolute atomic E-state index is 0.275. The van der Waals surface area contributed by atoms with Crippen molar-refractivity contribution in [3.63, 3.8) is 0 Å². The highest BCUT2D eigenvalue weighted by molar-refractivity contribution is 5.76. The lowest BCUT2D eigenvalue weighted by molar-refractivity contribution is -0.129. The molecule has 0 N–H and O–H groups in total. The largest absolute Gasteiger partial charge is 0.355 e. The molecule has 0 bridgehead atoms. The van der Waals surface area contributed by atoms with Crippen LogP contribution in [0.5, 0.6) is 0 Å². The van der Waals surface area contributed by atoms with Crippen LogP contribution in [0.1, 0.15) is 48.9 Å². The first-order valence-electron chi connectivity index (χ1n) is 8.81. The van der Waals surface area contributed by atoms with Gasteiger partial charge in [-0.2, -0.15) is 5.26 Å². The Balaban J connectivity index is 1.76. The molecule has 0 aliphatic carbocycles. The quantitative estimate of drug-likeness (QED) is 0.796. The second-order valence-electron chi connectivity index (χ2n) is 7.44. The van der Waals surface area contributed by atoms with Gasteiger partial charge in [0.05, 0.1) is 5.56 Å². The van der Waals surface area contributed by atoms with Crippen LogP contribution in [0, 0.1) is 30.6 Å². The zero-order valence-electron chi connectivity index (χ0n) is 14.9. The second-order valence-corrected chi connectivity index (χ2v) is 7.44. The number of aryl methyl sites for hydroxylation is 2. The van der Waals surface area contributed by atoms with E-state index in [0.29, 0.717) is 12.0 Å². The lowest BCUT2D eigenvalue weighted by atomic mass is 9.73. The third kappa shape index (κ3) is 3.10. The van der Waals surface area contributed by atoms with E-state index in [1.807, 2.05) is 31.9 Å². The van der Waals surface area contributed by atoms with Crippen LogP contribution in [0.25, 0.3) is 0 Å². The molecule has 0 saturated carbocycles. The molecule has 2 aliphatic rings. The third-order valence-electron chi connectivity index (χ3n) is 5.83. The van der Waals surface area contributed by atoms with Crippen molar-refractivity contribution in [3.8, 4) is 6.07 Å². The van der Waals surface area contributed by atoms with Crippen LogP contribution in [0.2, 0.25) is 0 Å². The minimum atomic E-state index is 0.275. The number of amides is 1. The van der Waals surface area contributed by atoms with Gasteiger partial charge in [-0.1, -0.05) is 0 Å². The Morgan fingerprint density at radius 2 is 1.83 bits per heavy atom. The number of piperidine rings is 1. The molecule has 5 nitrogen and oxygen atoms in total. The molecule has 0 unspecified atom stereocenters. The van der Waals surface area contributed by atoms with Crippen molar-refractivity contribution in [3.05, 3.63) is 22.9 Å². The van der Waals surface area contributed by atoms with Crippen LogP contribution in [-0.2, 0) is 4.79 Å². The first kappa shape index (κ1) is 16.8. The number of likely N-dealkylation sites (tertiary alicyclic amines) is 1. The van der Waals surface area contributed by atoms with Crippen LogP contribution in [0.4, 0.5) is 5.82 Å². The van der Waals surface area contributed by atoms with Crippen molar-refractivity contribution >= 4 is 11.7 Å². The number of hydrogen-bond donors (Lipinski definition) is 0. The summed E-state index contributed by atoms with van der Waals surface area (Å²) in [6.45, 7) is 6.67. The number of anilines is 1. The maximum absolute atomic E-state index is 12.0. The Morgan fingerprint density at radius 3 is 2.50 bits per heavy atom. The molecule has 2 aliphatic heterocycles. The van der Waals surface area contributed by atoms with E-state index in [0.717, 1.165) is 62.4 Å². The van der Waals surface area contributed by atoms with Crippen LogP contribution < -0.4 is 4.90 Å². The van der Waals surface area contributed by atoms with E-state index in [1.165, 1.54) is 0 Å². The maximum Gasteiger partial charge on any atom is 0.222 e. The van der Waals surface area contributed by atoms with Gasteiger partial charge in [-0.25, -0.2) is 4.98 Å². The standard InChI is InChI=1S/C19H26N4O/c1-14-12-15(2)21-18(16(14)13-20)23-10-7-19(8-11-23)5-4-17(24)22(3)9-6-19/h12H,4-11H2,1-3H3. The normalized spacial score (nSPS) is 20.8. The third-order valence-corrected chi connectivity index (χ3v) is 5.83. The predicted molar refractivity (Wildman–Crippen MR) is 93.8 cm³/mol. The van der Waals surface area contributed by atoms with Gasteiger partial charge in [0.1, 0.15) is 11.9 Å². The summed E-state index contributed by atoms with van der Waals surface area (Å²) >= 11 is 0. The van der Waals surface area contributed by atoms with Gasteiger partial charge >= 0.3 is 0 Å². The fraction of sp³-hybridized carbons (Fsp3) is 0.632. The summed E-state index contributed by atoms with van der Waals surface area (Å²) < 4.78 is 0. The number of nitrogens with zero attached hydrogens (tertiary/aromatic N) is 4. The first-order valence-corrected chi connectivity index (χ1v) is 8.81. The number of hydrogen-bond acceptors (Lipinski definition) is 4. The van der Waals surface area contributed by atoms with Gasteiger partial charge in [-0.3, -0.25) is 4.79 Å². The van der Waals surface area contributed by atoms with E-state index >= 15 is 0 Å². The zero-order valence-corrected chi connectivity index (χ0v) is 14.9. The summed E-state index contributed by atoms with van der Waals surface area (Å²) in [6.07, 6.45) is 4.91. The summed E-state index contributed by atoms with van der Waals surface area (Å²) in [6, 6.07) is 4.30. The summed E-state index contributed by atoms with van der Waals surface area (Å²) in [5.74, 6) is 1.11. The van der Waals surface area contributed by atoms with E-state index in [9.17, 15) is 10.1 Å². The van der Waals surface area contributed by atoms with E-state index in [2.05, 4.69) is 16.0 Å². The number of aromatic nitrogens is 1. The van der Waals surface area contributed by atoms with Gasteiger partial charge in [0, 0.05) is 38.8 Å². The second kappa shape index (κ2) is 6.43.